The highest BCUT2D eigenvalue weighted by molar-refractivity contribution is 7.80. The first-order valence-electron chi connectivity index (χ1n) is 4.14. The molecule has 0 spiro atoms. The standard InChI is InChI=1S/C8H17N3OS/c1-5(7(9)13)11(4)6(2)8(12)10-3/h5-6H,1-4H3,(H2,9,13)(H,10,12). The summed E-state index contributed by atoms with van der Waals surface area (Å²) in [5, 5.41) is 2.57. The Morgan fingerprint density at radius 1 is 1.46 bits per heavy atom. The first-order chi connectivity index (χ1) is 5.91. The highest BCUT2D eigenvalue weighted by Gasteiger charge is 2.22. The molecule has 3 N–H and O–H groups in total. The maximum Gasteiger partial charge on any atom is 0.236 e. The number of hydrogen-bond donors (Lipinski definition) is 2. The van der Waals surface area contributed by atoms with Gasteiger partial charge in [-0.05, 0) is 20.9 Å². The molecule has 0 heterocycles. The van der Waals surface area contributed by atoms with Gasteiger partial charge in [-0.15, -0.1) is 0 Å². The van der Waals surface area contributed by atoms with Crippen LogP contribution in [0.1, 0.15) is 13.8 Å². The van der Waals surface area contributed by atoms with Crippen molar-refractivity contribution < 1.29 is 4.79 Å². The molecule has 0 bridgehead atoms. The molecule has 0 saturated carbocycles. The summed E-state index contributed by atoms with van der Waals surface area (Å²) in [5.41, 5.74) is 5.47. The quantitative estimate of drug-likeness (QED) is 0.617. The van der Waals surface area contributed by atoms with Gasteiger partial charge >= 0.3 is 0 Å². The maximum absolute atomic E-state index is 11.2. The van der Waals surface area contributed by atoms with Crippen LogP contribution in [0.3, 0.4) is 0 Å². The highest BCUT2D eigenvalue weighted by atomic mass is 32.1. The zero-order valence-electron chi connectivity index (χ0n) is 8.50. The number of likely N-dealkylation sites (N-methyl/N-ethyl adjacent to an activating group) is 2. The fraction of sp³-hybridized carbons (Fsp3) is 0.750. The second-order valence-electron chi connectivity index (χ2n) is 3.03. The molecule has 0 aromatic heterocycles. The number of rotatable bonds is 4. The van der Waals surface area contributed by atoms with Gasteiger partial charge in [-0.25, -0.2) is 0 Å². The van der Waals surface area contributed by atoms with Crippen LogP contribution >= 0.6 is 12.2 Å². The minimum Gasteiger partial charge on any atom is -0.392 e. The fourth-order valence-corrected chi connectivity index (χ4v) is 1.10. The van der Waals surface area contributed by atoms with Gasteiger partial charge in [0.05, 0.1) is 17.1 Å². The van der Waals surface area contributed by atoms with Crippen LogP contribution in [0.5, 0.6) is 0 Å². The minimum absolute atomic E-state index is 0.0365. The normalized spacial score (nSPS) is 15.2. The molecule has 5 heteroatoms. The van der Waals surface area contributed by atoms with Crippen molar-refractivity contribution in [1.82, 2.24) is 10.2 Å². The summed E-state index contributed by atoms with van der Waals surface area (Å²) in [6.45, 7) is 3.69. The Bertz CT molecular complexity index is 208. The van der Waals surface area contributed by atoms with Crippen molar-refractivity contribution in [2.24, 2.45) is 5.73 Å². The van der Waals surface area contributed by atoms with Crippen LogP contribution in [-0.4, -0.2) is 42.0 Å². The van der Waals surface area contributed by atoms with Crippen LogP contribution in [-0.2, 0) is 4.79 Å². The van der Waals surface area contributed by atoms with Crippen molar-refractivity contribution in [2.75, 3.05) is 14.1 Å². The van der Waals surface area contributed by atoms with E-state index in [0.29, 0.717) is 4.99 Å². The van der Waals surface area contributed by atoms with E-state index in [9.17, 15) is 4.79 Å². The average Bonchev–Trinajstić information content (AvgIpc) is 2.12. The Balaban J connectivity index is 4.32. The Hall–Kier alpha value is -0.680. The number of nitrogens with zero attached hydrogens (tertiary/aromatic N) is 1. The molecule has 4 nitrogen and oxygen atoms in total. The first-order valence-corrected chi connectivity index (χ1v) is 4.55. The first kappa shape index (κ1) is 12.3. The van der Waals surface area contributed by atoms with Crippen molar-refractivity contribution in [3.63, 3.8) is 0 Å². The van der Waals surface area contributed by atoms with Gasteiger partial charge in [-0.2, -0.15) is 0 Å². The van der Waals surface area contributed by atoms with Crippen LogP contribution in [0, 0.1) is 0 Å². The van der Waals surface area contributed by atoms with Crippen LogP contribution in [0.2, 0.25) is 0 Å². The molecule has 0 rings (SSSR count). The van der Waals surface area contributed by atoms with E-state index in [1.165, 1.54) is 0 Å². The van der Waals surface area contributed by atoms with Gasteiger partial charge in [-0.3, -0.25) is 9.69 Å². The maximum atomic E-state index is 11.2. The van der Waals surface area contributed by atoms with Crippen molar-refractivity contribution in [3.8, 4) is 0 Å². The summed E-state index contributed by atoms with van der Waals surface area (Å²) in [6, 6.07) is -0.288. The predicted octanol–water partition coefficient (Wildman–Crippen LogP) is -0.273. The third-order valence-electron chi connectivity index (χ3n) is 2.26. The average molecular weight is 203 g/mol. The lowest BCUT2D eigenvalue weighted by molar-refractivity contribution is -0.125. The molecule has 0 saturated heterocycles. The molecule has 0 aliphatic rings. The van der Waals surface area contributed by atoms with Crippen molar-refractivity contribution >= 4 is 23.1 Å². The number of thiocarbonyl (C=S) groups is 1. The number of nitrogens with one attached hydrogen (secondary N) is 1. The Labute approximate surface area is 84.5 Å². The van der Waals surface area contributed by atoms with Gasteiger partial charge in [-0.1, -0.05) is 12.2 Å². The van der Waals surface area contributed by atoms with E-state index in [0.717, 1.165) is 0 Å². The van der Waals surface area contributed by atoms with Gasteiger partial charge in [0.25, 0.3) is 0 Å². The van der Waals surface area contributed by atoms with E-state index in [-0.39, 0.29) is 18.0 Å². The topological polar surface area (TPSA) is 58.4 Å². The van der Waals surface area contributed by atoms with Crippen LogP contribution in [0.15, 0.2) is 0 Å². The number of carbonyl (C=O) groups excluding carboxylic acids is 1. The number of nitrogens with two attached hydrogens (primary N) is 1. The number of hydrogen-bond acceptors (Lipinski definition) is 3. The van der Waals surface area contributed by atoms with E-state index in [1.54, 1.807) is 7.05 Å². The van der Waals surface area contributed by atoms with E-state index < -0.39 is 0 Å². The fourth-order valence-electron chi connectivity index (χ4n) is 0.930. The zero-order valence-corrected chi connectivity index (χ0v) is 9.31. The van der Waals surface area contributed by atoms with Crippen molar-refractivity contribution in [3.05, 3.63) is 0 Å². The minimum atomic E-state index is -0.221. The summed E-state index contributed by atoms with van der Waals surface area (Å²) < 4.78 is 0. The molecule has 1 amide bonds. The predicted molar refractivity (Wildman–Crippen MR) is 57.5 cm³/mol. The van der Waals surface area contributed by atoms with Crippen molar-refractivity contribution in [1.29, 1.82) is 0 Å². The second kappa shape index (κ2) is 5.14. The number of carbonyl (C=O) groups is 1. The third kappa shape index (κ3) is 3.28. The van der Waals surface area contributed by atoms with E-state index >= 15 is 0 Å². The smallest absolute Gasteiger partial charge is 0.236 e. The summed E-state index contributed by atoms with van der Waals surface area (Å²) >= 11 is 4.84. The van der Waals surface area contributed by atoms with Gasteiger partial charge in [0, 0.05) is 7.05 Å². The molecule has 0 aliphatic carbocycles. The van der Waals surface area contributed by atoms with Crippen LogP contribution < -0.4 is 11.1 Å². The van der Waals surface area contributed by atoms with E-state index in [1.807, 2.05) is 25.8 Å². The Morgan fingerprint density at radius 2 is 1.92 bits per heavy atom. The molecule has 0 aromatic rings. The molecule has 76 valence electrons. The molecule has 2 unspecified atom stereocenters. The molecule has 0 fully saturated rings. The zero-order chi connectivity index (χ0) is 10.6. The largest absolute Gasteiger partial charge is 0.392 e. The summed E-state index contributed by atoms with van der Waals surface area (Å²) in [6.07, 6.45) is 0. The summed E-state index contributed by atoms with van der Waals surface area (Å²) in [7, 11) is 3.43. The molecule has 2 atom stereocenters. The monoisotopic (exact) mass is 203 g/mol. The molecule has 0 aromatic carbocycles. The SMILES string of the molecule is CNC(=O)C(C)N(C)C(C)C(N)=S. The molecular weight excluding hydrogens is 186 g/mol. The third-order valence-corrected chi connectivity index (χ3v) is 2.60. The Kier molecular flexibility index (Phi) is 4.87. The van der Waals surface area contributed by atoms with Gasteiger partial charge in [0.15, 0.2) is 0 Å². The molecule has 0 radical (unpaired) electrons. The lowest BCUT2D eigenvalue weighted by Gasteiger charge is -2.28. The van der Waals surface area contributed by atoms with Crippen LogP contribution in [0.25, 0.3) is 0 Å². The lowest BCUT2D eigenvalue weighted by Crippen LogP contribution is -2.49. The number of amides is 1. The summed E-state index contributed by atoms with van der Waals surface area (Å²) in [5.74, 6) is -0.0365. The van der Waals surface area contributed by atoms with Crippen LogP contribution in [0.4, 0.5) is 0 Å². The molecule has 13 heavy (non-hydrogen) atoms. The molecule has 0 aliphatic heterocycles. The van der Waals surface area contributed by atoms with Gasteiger partial charge in [0.2, 0.25) is 5.91 Å². The van der Waals surface area contributed by atoms with E-state index in [4.69, 9.17) is 18.0 Å². The highest BCUT2D eigenvalue weighted by Crippen LogP contribution is 2.02. The van der Waals surface area contributed by atoms with Crippen molar-refractivity contribution in [2.45, 2.75) is 25.9 Å². The second-order valence-corrected chi connectivity index (χ2v) is 3.51. The van der Waals surface area contributed by atoms with Gasteiger partial charge in [0.1, 0.15) is 0 Å². The summed E-state index contributed by atoms with van der Waals surface area (Å²) in [4.78, 5) is 13.5. The molecular formula is C8H17N3OS. The lowest BCUT2D eigenvalue weighted by atomic mass is 10.2. The van der Waals surface area contributed by atoms with E-state index in [2.05, 4.69) is 5.32 Å². The van der Waals surface area contributed by atoms with Gasteiger partial charge < -0.3 is 11.1 Å². The Morgan fingerprint density at radius 3 is 2.23 bits per heavy atom.